The first-order valence-electron chi connectivity index (χ1n) is 9.54. The Balaban J connectivity index is 1.58. The summed E-state index contributed by atoms with van der Waals surface area (Å²) in [6, 6.07) is 18.2. The van der Waals surface area contributed by atoms with Crippen LogP contribution in [0.5, 0.6) is 11.5 Å². The molecular formula is C23H24N2O5S. The normalized spacial score (nSPS) is 10.9. The van der Waals surface area contributed by atoms with Crippen LogP contribution in [0.4, 0.5) is 11.4 Å². The van der Waals surface area contributed by atoms with Crippen LogP contribution in [0.15, 0.2) is 71.6 Å². The van der Waals surface area contributed by atoms with E-state index in [1.807, 2.05) is 32.0 Å². The molecule has 0 heterocycles. The number of amides is 1. The maximum atomic E-state index is 12.5. The van der Waals surface area contributed by atoms with Crippen molar-refractivity contribution in [2.45, 2.75) is 18.7 Å². The molecule has 8 heteroatoms. The minimum atomic E-state index is -3.76. The molecular weight excluding hydrogens is 416 g/mol. The molecule has 0 saturated heterocycles. The van der Waals surface area contributed by atoms with E-state index in [-0.39, 0.29) is 17.4 Å². The molecule has 0 aliphatic carbocycles. The SMILES string of the molecule is COc1ccc(NS(=O)(=O)c2ccc(OCC(=O)Nc3cc(C)ccc3C)cc2)cc1. The molecule has 0 radical (unpaired) electrons. The van der Waals surface area contributed by atoms with Crippen molar-refractivity contribution >= 4 is 27.3 Å². The van der Waals surface area contributed by atoms with Gasteiger partial charge in [0.25, 0.3) is 15.9 Å². The third-order valence-electron chi connectivity index (χ3n) is 4.51. The number of hydrogen-bond acceptors (Lipinski definition) is 5. The van der Waals surface area contributed by atoms with Crippen molar-refractivity contribution in [1.29, 1.82) is 0 Å². The van der Waals surface area contributed by atoms with Gasteiger partial charge in [-0.1, -0.05) is 12.1 Å². The van der Waals surface area contributed by atoms with Crippen molar-refractivity contribution in [2.24, 2.45) is 0 Å². The summed E-state index contributed by atoms with van der Waals surface area (Å²) in [5, 5.41) is 2.81. The number of rotatable bonds is 8. The van der Waals surface area contributed by atoms with Gasteiger partial charge in [-0.15, -0.1) is 0 Å². The number of sulfonamides is 1. The average Bonchev–Trinajstić information content (AvgIpc) is 2.75. The van der Waals surface area contributed by atoms with Gasteiger partial charge in [0.05, 0.1) is 12.0 Å². The Labute approximate surface area is 182 Å². The Kier molecular flexibility index (Phi) is 6.81. The van der Waals surface area contributed by atoms with Gasteiger partial charge in [0.1, 0.15) is 11.5 Å². The number of benzene rings is 3. The van der Waals surface area contributed by atoms with Gasteiger partial charge >= 0.3 is 0 Å². The number of carbonyl (C=O) groups excluding carboxylic acids is 1. The zero-order valence-corrected chi connectivity index (χ0v) is 18.3. The first kappa shape index (κ1) is 22.2. The van der Waals surface area contributed by atoms with Crippen molar-refractivity contribution in [3.63, 3.8) is 0 Å². The molecule has 0 fully saturated rings. The van der Waals surface area contributed by atoms with E-state index in [0.29, 0.717) is 17.2 Å². The molecule has 0 aliphatic rings. The van der Waals surface area contributed by atoms with E-state index in [1.165, 1.54) is 31.4 Å². The van der Waals surface area contributed by atoms with Crippen LogP contribution >= 0.6 is 0 Å². The number of carbonyl (C=O) groups is 1. The topological polar surface area (TPSA) is 93.7 Å². The van der Waals surface area contributed by atoms with Crippen LogP contribution in [0, 0.1) is 13.8 Å². The second-order valence-electron chi connectivity index (χ2n) is 6.96. The Morgan fingerprint density at radius 3 is 2.19 bits per heavy atom. The molecule has 2 N–H and O–H groups in total. The van der Waals surface area contributed by atoms with Gasteiger partial charge in [-0.3, -0.25) is 9.52 Å². The molecule has 0 unspecified atom stereocenters. The Morgan fingerprint density at radius 1 is 0.903 bits per heavy atom. The standard InChI is InChI=1S/C23H24N2O5S/c1-16-4-5-17(2)22(14-16)24-23(26)15-30-20-10-12-21(13-11-20)31(27,28)25-18-6-8-19(29-3)9-7-18/h4-14,25H,15H2,1-3H3,(H,24,26). The third-order valence-corrected chi connectivity index (χ3v) is 5.91. The van der Waals surface area contributed by atoms with Gasteiger partial charge in [-0.25, -0.2) is 8.42 Å². The Bertz CT molecular complexity index is 1160. The first-order valence-corrected chi connectivity index (χ1v) is 11.0. The third kappa shape index (κ3) is 5.99. The summed E-state index contributed by atoms with van der Waals surface area (Å²) in [5.74, 6) is 0.720. The summed E-state index contributed by atoms with van der Waals surface area (Å²) in [5.41, 5.74) is 3.16. The summed E-state index contributed by atoms with van der Waals surface area (Å²) in [7, 11) is -2.22. The molecule has 3 rings (SSSR count). The quantitative estimate of drug-likeness (QED) is 0.549. The molecule has 3 aromatic carbocycles. The van der Waals surface area contributed by atoms with Crippen LogP contribution in [-0.2, 0) is 14.8 Å². The number of hydrogen-bond donors (Lipinski definition) is 2. The second kappa shape index (κ2) is 9.53. The predicted molar refractivity (Wildman–Crippen MR) is 120 cm³/mol. The highest BCUT2D eigenvalue weighted by Crippen LogP contribution is 2.21. The lowest BCUT2D eigenvalue weighted by atomic mass is 10.1. The highest BCUT2D eigenvalue weighted by Gasteiger charge is 2.14. The highest BCUT2D eigenvalue weighted by atomic mass is 32.2. The number of nitrogens with one attached hydrogen (secondary N) is 2. The van der Waals surface area contributed by atoms with Gasteiger partial charge in [-0.2, -0.15) is 0 Å². The van der Waals surface area contributed by atoms with Crippen LogP contribution in [0.25, 0.3) is 0 Å². The molecule has 3 aromatic rings. The average molecular weight is 441 g/mol. The fourth-order valence-electron chi connectivity index (χ4n) is 2.79. The summed E-state index contributed by atoms with van der Waals surface area (Å²) < 4.78 is 38.1. The molecule has 162 valence electrons. The summed E-state index contributed by atoms with van der Waals surface area (Å²) >= 11 is 0. The molecule has 0 bridgehead atoms. The number of anilines is 2. The van der Waals surface area contributed by atoms with Crippen molar-refractivity contribution in [1.82, 2.24) is 0 Å². The lowest BCUT2D eigenvalue weighted by Crippen LogP contribution is -2.20. The molecule has 0 saturated carbocycles. The maximum absolute atomic E-state index is 12.5. The minimum Gasteiger partial charge on any atom is -0.497 e. The fourth-order valence-corrected chi connectivity index (χ4v) is 3.85. The van der Waals surface area contributed by atoms with Gasteiger partial charge in [0.15, 0.2) is 6.61 Å². The molecule has 1 amide bonds. The van der Waals surface area contributed by atoms with E-state index in [4.69, 9.17) is 9.47 Å². The van der Waals surface area contributed by atoms with Gasteiger partial charge in [-0.05, 0) is 79.6 Å². The Hall–Kier alpha value is -3.52. The van der Waals surface area contributed by atoms with Crippen molar-refractivity contribution < 1.29 is 22.7 Å². The zero-order valence-electron chi connectivity index (χ0n) is 17.5. The maximum Gasteiger partial charge on any atom is 0.262 e. The van der Waals surface area contributed by atoms with Gasteiger partial charge < -0.3 is 14.8 Å². The summed E-state index contributed by atoms with van der Waals surface area (Å²) in [6.45, 7) is 3.67. The van der Waals surface area contributed by atoms with E-state index in [2.05, 4.69) is 10.0 Å². The smallest absolute Gasteiger partial charge is 0.262 e. The van der Waals surface area contributed by atoms with E-state index >= 15 is 0 Å². The van der Waals surface area contributed by atoms with Crippen LogP contribution in [-0.4, -0.2) is 28.0 Å². The predicted octanol–water partition coefficient (Wildman–Crippen LogP) is 4.13. The molecule has 31 heavy (non-hydrogen) atoms. The second-order valence-corrected chi connectivity index (χ2v) is 8.64. The lowest BCUT2D eigenvalue weighted by Gasteiger charge is -2.11. The number of aryl methyl sites for hydroxylation is 2. The number of ether oxygens (including phenoxy) is 2. The molecule has 0 aliphatic heterocycles. The zero-order chi connectivity index (χ0) is 22.4. The van der Waals surface area contributed by atoms with Crippen LogP contribution in [0.3, 0.4) is 0 Å². The highest BCUT2D eigenvalue weighted by molar-refractivity contribution is 7.92. The van der Waals surface area contributed by atoms with E-state index in [1.54, 1.807) is 24.3 Å². The molecule has 0 spiro atoms. The molecule has 0 atom stereocenters. The fraction of sp³-hybridized carbons (Fsp3) is 0.174. The van der Waals surface area contributed by atoms with Crippen LogP contribution < -0.4 is 19.5 Å². The minimum absolute atomic E-state index is 0.0792. The van der Waals surface area contributed by atoms with E-state index in [9.17, 15) is 13.2 Å². The first-order chi connectivity index (χ1) is 14.8. The lowest BCUT2D eigenvalue weighted by molar-refractivity contribution is -0.118. The van der Waals surface area contributed by atoms with E-state index < -0.39 is 10.0 Å². The van der Waals surface area contributed by atoms with Crippen LogP contribution in [0.1, 0.15) is 11.1 Å². The van der Waals surface area contributed by atoms with Crippen molar-refractivity contribution in [3.05, 3.63) is 77.9 Å². The summed E-state index contributed by atoms with van der Waals surface area (Å²) in [6.07, 6.45) is 0. The van der Waals surface area contributed by atoms with E-state index in [0.717, 1.165) is 16.8 Å². The Morgan fingerprint density at radius 2 is 1.55 bits per heavy atom. The largest absolute Gasteiger partial charge is 0.497 e. The molecule has 0 aromatic heterocycles. The summed E-state index contributed by atoms with van der Waals surface area (Å²) in [4.78, 5) is 12.3. The number of methoxy groups -OCH3 is 1. The van der Waals surface area contributed by atoms with Gasteiger partial charge in [0.2, 0.25) is 0 Å². The molecule has 7 nitrogen and oxygen atoms in total. The van der Waals surface area contributed by atoms with Crippen LogP contribution in [0.2, 0.25) is 0 Å². The monoisotopic (exact) mass is 440 g/mol. The van der Waals surface area contributed by atoms with Crippen molar-refractivity contribution in [3.8, 4) is 11.5 Å². The van der Waals surface area contributed by atoms with Crippen molar-refractivity contribution in [2.75, 3.05) is 23.8 Å². The van der Waals surface area contributed by atoms with Gasteiger partial charge in [0, 0.05) is 11.4 Å².